The van der Waals surface area contributed by atoms with Gasteiger partial charge in [0.1, 0.15) is 12.2 Å². The number of rotatable bonds is 1. The summed E-state index contributed by atoms with van der Waals surface area (Å²) < 4.78 is 4.71. The van der Waals surface area contributed by atoms with Crippen LogP contribution in [-0.2, 0) is 4.74 Å². The molecule has 1 aliphatic heterocycles. The van der Waals surface area contributed by atoms with Crippen LogP contribution in [0.25, 0.3) is 0 Å². The minimum atomic E-state index is -1.11. The summed E-state index contributed by atoms with van der Waals surface area (Å²) in [5.41, 5.74) is 0. The van der Waals surface area contributed by atoms with Crippen LogP contribution in [0.5, 0.6) is 0 Å². The Morgan fingerprint density at radius 3 is 2.45 bits per heavy atom. The lowest BCUT2D eigenvalue weighted by Gasteiger charge is -2.33. The third-order valence-corrected chi connectivity index (χ3v) is 1.73. The number of hydrogen-bond acceptors (Lipinski definition) is 5. The number of aliphatic hydroxyl groups excluding tert-OH is 4. The summed E-state index contributed by atoms with van der Waals surface area (Å²) in [7, 11) is 0. The Bertz CT molecular complexity index is 128. The summed E-state index contributed by atoms with van der Waals surface area (Å²) in [6, 6.07) is 0. The number of aliphatic hydroxyl groups is 4. The predicted molar refractivity (Wildman–Crippen MR) is 34.6 cm³/mol. The molecule has 0 aromatic heterocycles. The molecule has 0 amide bonds. The highest BCUT2D eigenvalue weighted by molar-refractivity contribution is 4.81. The van der Waals surface area contributed by atoms with E-state index in [-0.39, 0.29) is 6.42 Å². The van der Waals surface area contributed by atoms with Gasteiger partial charge in [0.05, 0.1) is 12.7 Å². The average molecular weight is 163 g/mol. The second kappa shape index (κ2) is 3.46. The van der Waals surface area contributed by atoms with Gasteiger partial charge in [-0.3, -0.25) is 0 Å². The molecule has 4 atom stereocenters. The Labute approximate surface area is 63.8 Å². The van der Waals surface area contributed by atoms with Gasteiger partial charge >= 0.3 is 0 Å². The van der Waals surface area contributed by atoms with Crippen LogP contribution >= 0.6 is 0 Å². The molecule has 1 aliphatic rings. The van der Waals surface area contributed by atoms with Gasteiger partial charge in [-0.25, -0.2) is 0 Å². The minimum Gasteiger partial charge on any atom is -0.394 e. The van der Waals surface area contributed by atoms with Crippen LogP contribution in [0.2, 0.25) is 0 Å². The van der Waals surface area contributed by atoms with Crippen molar-refractivity contribution in [2.45, 2.75) is 31.0 Å². The first-order chi connectivity index (χ1) is 5.15. The summed E-state index contributed by atoms with van der Waals surface area (Å²) in [5.74, 6) is 0. The SMILES string of the molecule is OCC1O[11CH](O)CC(O)C1O. The standard InChI is InChI=1S/C6H12O5/c7-2-4-6(10)3(8)1-5(9)11-4/h3-10H,1-2H2/i5-1. The normalized spacial score (nSPS) is 45.8. The minimum absolute atomic E-state index is 0.0162. The Hall–Kier alpha value is -0.200. The van der Waals surface area contributed by atoms with Gasteiger partial charge in [0, 0.05) is 6.42 Å². The van der Waals surface area contributed by atoms with Gasteiger partial charge in [-0.2, -0.15) is 0 Å². The van der Waals surface area contributed by atoms with Crippen molar-refractivity contribution in [1.82, 2.24) is 0 Å². The van der Waals surface area contributed by atoms with Crippen molar-refractivity contribution >= 4 is 0 Å². The zero-order valence-corrected chi connectivity index (χ0v) is 5.92. The van der Waals surface area contributed by atoms with Crippen molar-refractivity contribution in [3.05, 3.63) is 0 Å². The quantitative estimate of drug-likeness (QED) is 0.352. The van der Waals surface area contributed by atoms with Gasteiger partial charge in [0.2, 0.25) is 0 Å². The van der Waals surface area contributed by atoms with E-state index in [1.807, 2.05) is 0 Å². The van der Waals surface area contributed by atoms with Crippen molar-refractivity contribution in [3.8, 4) is 0 Å². The summed E-state index contributed by atoms with van der Waals surface area (Å²) in [6.07, 6.45) is -4.11. The number of hydrogen-bond donors (Lipinski definition) is 4. The average Bonchev–Trinajstić information content (AvgIpc) is 1.96. The van der Waals surface area contributed by atoms with Crippen LogP contribution in [-0.4, -0.2) is 51.6 Å². The molecule has 4 unspecified atom stereocenters. The summed E-state index contributed by atoms with van der Waals surface area (Å²) in [5, 5.41) is 35.6. The molecule has 0 aliphatic carbocycles. The van der Waals surface area contributed by atoms with Crippen molar-refractivity contribution < 1.29 is 25.2 Å². The van der Waals surface area contributed by atoms with Crippen LogP contribution in [0, 0.1) is 0 Å². The maximum absolute atomic E-state index is 9.11. The molecule has 0 saturated carbocycles. The third-order valence-electron chi connectivity index (χ3n) is 1.73. The Balaban J connectivity index is 2.51. The van der Waals surface area contributed by atoms with Gasteiger partial charge in [-0.15, -0.1) is 0 Å². The van der Waals surface area contributed by atoms with Gasteiger partial charge in [-0.05, 0) is 0 Å². The lowest BCUT2D eigenvalue weighted by atomic mass is 9.84. The predicted octanol–water partition coefficient (Wildman–Crippen LogP) is -2.19. The second-order valence-corrected chi connectivity index (χ2v) is 2.61. The lowest BCUT2D eigenvalue weighted by molar-refractivity contribution is -0.239. The molecule has 0 aromatic rings. The van der Waals surface area contributed by atoms with E-state index in [4.69, 9.17) is 25.2 Å². The van der Waals surface area contributed by atoms with E-state index in [0.717, 1.165) is 0 Å². The Morgan fingerprint density at radius 1 is 1.27 bits per heavy atom. The largest absolute Gasteiger partial charge is 0.394 e. The fraction of sp³-hybridized carbons (Fsp3) is 1.00. The zero-order valence-electron chi connectivity index (χ0n) is 5.92. The summed E-state index contributed by atoms with van der Waals surface area (Å²) in [6.45, 7) is -0.407. The van der Waals surface area contributed by atoms with Crippen LogP contribution in [0.3, 0.4) is 0 Å². The van der Waals surface area contributed by atoms with Crippen molar-refractivity contribution in [3.63, 3.8) is 0 Å². The van der Waals surface area contributed by atoms with Gasteiger partial charge in [0.25, 0.3) is 0 Å². The summed E-state index contributed by atoms with van der Waals surface area (Å²) in [4.78, 5) is 0. The molecule has 1 saturated heterocycles. The molecule has 4 N–H and O–H groups in total. The van der Waals surface area contributed by atoms with E-state index in [1.54, 1.807) is 0 Å². The molecular formula is C6H12O5. The van der Waals surface area contributed by atoms with Crippen molar-refractivity contribution in [1.29, 1.82) is 0 Å². The van der Waals surface area contributed by atoms with Crippen LogP contribution < -0.4 is 0 Å². The maximum Gasteiger partial charge on any atom is 0.157 e. The lowest BCUT2D eigenvalue weighted by Crippen LogP contribution is -2.49. The van der Waals surface area contributed by atoms with Gasteiger partial charge in [0.15, 0.2) is 6.29 Å². The van der Waals surface area contributed by atoms with E-state index in [1.165, 1.54) is 0 Å². The molecule has 0 bridgehead atoms. The molecule has 1 rings (SSSR count). The Kier molecular flexibility index (Phi) is 2.80. The maximum atomic E-state index is 9.11. The molecule has 11 heavy (non-hydrogen) atoms. The molecule has 1 fully saturated rings. The molecule has 5 heteroatoms. The van der Waals surface area contributed by atoms with Crippen molar-refractivity contribution in [2.24, 2.45) is 0 Å². The fourth-order valence-electron chi connectivity index (χ4n) is 1.08. The smallest absolute Gasteiger partial charge is 0.157 e. The second-order valence-electron chi connectivity index (χ2n) is 2.61. The zero-order chi connectivity index (χ0) is 8.43. The van der Waals surface area contributed by atoms with Gasteiger partial charge in [-0.1, -0.05) is 0 Å². The van der Waals surface area contributed by atoms with E-state index in [9.17, 15) is 0 Å². The molecule has 5 nitrogen and oxygen atoms in total. The molecular weight excluding hydrogens is 151 g/mol. The van der Waals surface area contributed by atoms with Crippen LogP contribution in [0.1, 0.15) is 6.42 Å². The summed E-state index contributed by atoms with van der Waals surface area (Å²) >= 11 is 0. The van der Waals surface area contributed by atoms with Gasteiger partial charge < -0.3 is 25.2 Å². The molecule has 0 radical (unpaired) electrons. The first-order valence-electron chi connectivity index (χ1n) is 3.45. The number of ether oxygens (including phenoxy) is 1. The monoisotopic (exact) mass is 163 g/mol. The molecule has 66 valence electrons. The van der Waals surface area contributed by atoms with Crippen LogP contribution in [0.4, 0.5) is 0 Å². The molecule has 1 heterocycles. The van der Waals surface area contributed by atoms with Crippen molar-refractivity contribution in [2.75, 3.05) is 6.61 Å². The third kappa shape index (κ3) is 1.88. The van der Waals surface area contributed by atoms with E-state index >= 15 is 0 Å². The fourth-order valence-corrected chi connectivity index (χ4v) is 1.08. The highest BCUT2D eigenvalue weighted by Crippen LogP contribution is 2.18. The first-order valence-corrected chi connectivity index (χ1v) is 3.45. The van der Waals surface area contributed by atoms with E-state index in [0.29, 0.717) is 0 Å². The topological polar surface area (TPSA) is 90.2 Å². The van der Waals surface area contributed by atoms with E-state index in [2.05, 4.69) is 0 Å². The first kappa shape index (κ1) is 8.89. The highest BCUT2D eigenvalue weighted by atomic mass is 16.6. The van der Waals surface area contributed by atoms with Crippen LogP contribution in [0.15, 0.2) is 0 Å². The van der Waals surface area contributed by atoms with E-state index < -0.39 is 31.2 Å². The highest BCUT2D eigenvalue weighted by Gasteiger charge is 2.35. The Morgan fingerprint density at radius 2 is 1.91 bits per heavy atom. The molecule has 0 spiro atoms. The molecule has 0 aromatic carbocycles.